The summed E-state index contributed by atoms with van der Waals surface area (Å²) in [5, 5.41) is 10.5. The van der Waals surface area contributed by atoms with E-state index in [9.17, 15) is 0 Å². The molecule has 5 heteroatoms. The van der Waals surface area contributed by atoms with Crippen LogP contribution >= 0.6 is 23.4 Å². The van der Waals surface area contributed by atoms with Gasteiger partial charge in [0.1, 0.15) is 16.0 Å². The minimum atomic E-state index is 0.198. The smallest absolute Gasteiger partial charge is 0.133 e. The highest BCUT2D eigenvalue weighted by Gasteiger charge is 2.10. The van der Waals surface area contributed by atoms with Gasteiger partial charge in [0.15, 0.2) is 0 Å². The average Bonchev–Trinajstić information content (AvgIpc) is 2.16. The Hall–Kier alpha value is -0.320. The van der Waals surface area contributed by atoms with Crippen molar-refractivity contribution in [3.8, 4) is 0 Å². The maximum Gasteiger partial charge on any atom is 0.133 e. The predicted molar refractivity (Wildman–Crippen MR) is 68.2 cm³/mol. The molecule has 1 N–H and O–H groups in total. The van der Waals surface area contributed by atoms with E-state index in [0.717, 1.165) is 17.3 Å². The van der Waals surface area contributed by atoms with Gasteiger partial charge in [-0.1, -0.05) is 32.4 Å². The molecule has 1 atom stereocenters. The topological polar surface area (TPSA) is 46.0 Å². The molecule has 0 aromatic carbocycles. The third kappa shape index (κ3) is 4.28. The minimum Gasteiger partial charge on any atom is -0.396 e. The van der Waals surface area contributed by atoms with Crippen LogP contribution in [-0.4, -0.2) is 26.9 Å². The van der Waals surface area contributed by atoms with Crippen LogP contribution in [0.5, 0.6) is 0 Å². The molecule has 0 radical (unpaired) electrons. The Kier molecular flexibility index (Phi) is 5.52. The second-order valence-electron chi connectivity index (χ2n) is 3.98. The fourth-order valence-corrected chi connectivity index (χ4v) is 2.40. The monoisotopic (exact) mass is 260 g/mol. The number of halogens is 1. The summed E-state index contributed by atoms with van der Waals surface area (Å²) in [4.78, 5) is 8.62. The first-order valence-electron chi connectivity index (χ1n) is 5.35. The van der Waals surface area contributed by atoms with Crippen LogP contribution in [0, 0.1) is 0 Å². The number of hydrogen-bond donors (Lipinski definition) is 1. The van der Waals surface area contributed by atoms with E-state index in [0.29, 0.717) is 10.4 Å². The molecule has 90 valence electrons. The van der Waals surface area contributed by atoms with Crippen molar-refractivity contribution in [2.24, 2.45) is 0 Å². The van der Waals surface area contributed by atoms with Gasteiger partial charge in [0.05, 0.1) is 0 Å². The van der Waals surface area contributed by atoms with Gasteiger partial charge in [-0.05, 0) is 6.42 Å². The summed E-state index contributed by atoms with van der Waals surface area (Å²) in [6, 6.07) is 1.77. The standard InChI is InChI=1S/C11H17ClN2OS/c1-7(2)11-13-9(12)6-10(14-11)16-8(3)4-5-15/h6-8,15H,4-5H2,1-3H3. The molecule has 0 bridgehead atoms. The summed E-state index contributed by atoms with van der Waals surface area (Å²) in [5.41, 5.74) is 0. The highest BCUT2D eigenvalue weighted by molar-refractivity contribution is 7.99. The lowest BCUT2D eigenvalue weighted by molar-refractivity contribution is 0.289. The fraction of sp³-hybridized carbons (Fsp3) is 0.636. The second-order valence-corrected chi connectivity index (χ2v) is 5.83. The van der Waals surface area contributed by atoms with E-state index in [1.165, 1.54) is 0 Å². The molecule has 1 rings (SSSR count). The molecule has 0 aliphatic heterocycles. The van der Waals surface area contributed by atoms with Crippen molar-refractivity contribution in [1.29, 1.82) is 0 Å². The maximum absolute atomic E-state index is 8.84. The number of hydrogen-bond acceptors (Lipinski definition) is 4. The van der Waals surface area contributed by atoms with Gasteiger partial charge in [0.2, 0.25) is 0 Å². The van der Waals surface area contributed by atoms with Gasteiger partial charge in [0, 0.05) is 23.8 Å². The molecule has 0 aliphatic carbocycles. The van der Waals surface area contributed by atoms with Gasteiger partial charge in [-0.3, -0.25) is 0 Å². The SMILES string of the molecule is CC(CCO)Sc1cc(Cl)nc(C(C)C)n1. The molecular formula is C11H17ClN2OS. The van der Waals surface area contributed by atoms with Crippen molar-refractivity contribution >= 4 is 23.4 Å². The summed E-state index contributed by atoms with van der Waals surface area (Å²) in [5.74, 6) is 1.04. The first kappa shape index (κ1) is 13.7. The molecule has 0 aliphatic rings. The first-order valence-corrected chi connectivity index (χ1v) is 6.60. The van der Waals surface area contributed by atoms with Crippen LogP contribution < -0.4 is 0 Å². The van der Waals surface area contributed by atoms with E-state index in [-0.39, 0.29) is 12.5 Å². The molecule has 0 saturated heterocycles. The molecule has 0 saturated carbocycles. The normalized spacial score (nSPS) is 13.1. The zero-order valence-corrected chi connectivity index (χ0v) is 11.3. The van der Waals surface area contributed by atoms with Gasteiger partial charge in [-0.25, -0.2) is 9.97 Å². The Morgan fingerprint density at radius 3 is 2.62 bits per heavy atom. The second kappa shape index (κ2) is 6.42. The summed E-state index contributed by atoms with van der Waals surface area (Å²) < 4.78 is 0. The Bertz CT molecular complexity index is 347. The highest BCUT2D eigenvalue weighted by atomic mass is 35.5. The van der Waals surface area contributed by atoms with Crippen LogP contribution in [0.2, 0.25) is 5.15 Å². The van der Waals surface area contributed by atoms with Gasteiger partial charge in [0.25, 0.3) is 0 Å². The molecule has 0 spiro atoms. The van der Waals surface area contributed by atoms with Crippen molar-refractivity contribution in [3.63, 3.8) is 0 Å². The largest absolute Gasteiger partial charge is 0.396 e. The summed E-state index contributed by atoms with van der Waals surface area (Å²) >= 11 is 7.56. The molecular weight excluding hydrogens is 244 g/mol. The summed E-state index contributed by atoms with van der Waals surface area (Å²) in [6.07, 6.45) is 0.753. The number of aliphatic hydroxyl groups excluding tert-OH is 1. The third-order valence-corrected chi connectivity index (χ3v) is 3.34. The lowest BCUT2D eigenvalue weighted by atomic mass is 10.2. The number of thioether (sulfide) groups is 1. The predicted octanol–water partition coefficient (Wildman–Crippen LogP) is 3.12. The van der Waals surface area contributed by atoms with Crippen LogP contribution in [-0.2, 0) is 0 Å². The number of aromatic nitrogens is 2. The van der Waals surface area contributed by atoms with Gasteiger partial charge in [-0.15, -0.1) is 11.8 Å². The number of nitrogens with zero attached hydrogens (tertiary/aromatic N) is 2. The lowest BCUT2D eigenvalue weighted by Crippen LogP contribution is -2.03. The lowest BCUT2D eigenvalue weighted by Gasteiger charge is -2.11. The summed E-state index contributed by atoms with van der Waals surface area (Å²) in [7, 11) is 0. The maximum atomic E-state index is 8.84. The molecule has 1 aromatic heterocycles. The van der Waals surface area contributed by atoms with Crippen LogP contribution in [0.4, 0.5) is 0 Å². The van der Waals surface area contributed by atoms with Crippen LogP contribution in [0.25, 0.3) is 0 Å². The van der Waals surface area contributed by atoms with E-state index in [1.54, 1.807) is 17.8 Å². The quantitative estimate of drug-likeness (QED) is 0.653. The van der Waals surface area contributed by atoms with Crippen molar-refractivity contribution in [2.75, 3.05) is 6.61 Å². The van der Waals surface area contributed by atoms with Crippen molar-refractivity contribution < 1.29 is 5.11 Å². The highest BCUT2D eigenvalue weighted by Crippen LogP contribution is 2.26. The molecule has 1 unspecified atom stereocenters. The minimum absolute atomic E-state index is 0.198. The van der Waals surface area contributed by atoms with E-state index in [2.05, 4.69) is 16.9 Å². The molecule has 0 amide bonds. The number of rotatable bonds is 5. The van der Waals surface area contributed by atoms with Crippen molar-refractivity contribution in [3.05, 3.63) is 17.0 Å². The summed E-state index contributed by atoms with van der Waals surface area (Å²) in [6.45, 7) is 6.34. The van der Waals surface area contributed by atoms with Gasteiger partial charge >= 0.3 is 0 Å². The third-order valence-electron chi connectivity index (χ3n) is 2.06. The van der Waals surface area contributed by atoms with Gasteiger partial charge < -0.3 is 5.11 Å². The van der Waals surface area contributed by atoms with Gasteiger partial charge in [-0.2, -0.15) is 0 Å². The molecule has 3 nitrogen and oxygen atoms in total. The molecule has 16 heavy (non-hydrogen) atoms. The van der Waals surface area contributed by atoms with E-state index >= 15 is 0 Å². The Balaban J connectivity index is 2.80. The van der Waals surface area contributed by atoms with Crippen LogP contribution in [0.3, 0.4) is 0 Å². The molecule has 0 fully saturated rings. The van der Waals surface area contributed by atoms with E-state index in [4.69, 9.17) is 16.7 Å². The zero-order chi connectivity index (χ0) is 12.1. The number of aliphatic hydroxyl groups is 1. The Morgan fingerprint density at radius 1 is 1.38 bits per heavy atom. The van der Waals surface area contributed by atoms with E-state index < -0.39 is 0 Å². The van der Waals surface area contributed by atoms with Crippen LogP contribution in [0.15, 0.2) is 11.1 Å². The van der Waals surface area contributed by atoms with E-state index in [1.807, 2.05) is 13.8 Å². The van der Waals surface area contributed by atoms with Crippen molar-refractivity contribution in [1.82, 2.24) is 9.97 Å². The Labute approximate surface area is 106 Å². The zero-order valence-electron chi connectivity index (χ0n) is 9.77. The average molecular weight is 261 g/mol. The Morgan fingerprint density at radius 2 is 2.06 bits per heavy atom. The van der Waals surface area contributed by atoms with Crippen molar-refractivity contribution in [2.45, 2.75) is 43.4 Å². The molecule has 1 aromatic rings. The first-order chi connectivity index (χ1) is 7.52. The molecule has 1 heterocycles. The van der Waals surface area contributed by atoms with Crippen LogP contribution in [0.1, 0.15) is 38.9 Å². The fourth-order valence-electron chi connectivity index (χ4n) is 1.18.